The van der Waals surface area contributed by atoms with Gasteiger partial charge in [0.2, 0.25) is 6.04 Å². The minimum atomic E-state index is -0.294. The number of nitrogens with zero attached hydrogens (tertiary/aromatic N) is 1. The molecule has 1 fully saturated rings. The number of rotatable bonds is 2. The van der Waals surface area contributed by atoms with Gasteiger partial charge in [-0.2, -0.15) is 0 Å². The van der Waals surface area contributed by atoms with Crippen LogP contribution in [0.25, 0.3) is 0 Å². The molecule has 1 aliphatic rings. The molecule has 2 rings (SSSR count). The predicted molar refractivity (Wildman–Crippen MR) is 62.8 cm³/mol. The monoisotopic (exact) mass is 255 g/mol. The van der Waals surface area contributed by atoms with E-state index in [1.54, 1.807) is 11.0 Å². The number of thiophene rings is 1. The van der Waals surface area contributed by atoms with Crippen LogP contribution in [0.4, 0.5) is 0 Å². The quantitative estimate of drug-likeness (QED) is 0.711. The first-order valence-electron chi connectivity index (χ1n) is 5.46. The Hall–Kier alpha value is -1.40. The summed E-state index contributed by atoms with van der Waals surface area (Å²) in [6.45, 7) is 1.82. The van der Waals surface area contributed by atoms with Gasteiger partial charge in [-0.05, 0) is 11.4 Å². The number of quaternary nitrogens is 1. The second kappa shape index (κ2) is 5.29. The third-order valence-electron chi connectivity index (χ3n) is 2.79. The van der Waals surface area contributed by atoms with Crippen molar-refractivity contribution in [1.82, 2.24) is 4.90 Å². The highest BCUT2D eigenvalue weighted by Gasteiger charge is 2.32. The highest BCUT2D eigenvalue weighted by Crippen LogP contribution is 2.12. The van der Waals surface area contributed by atoms with Crippen molar-refractivity contribution in [2.24, 2.45) is 0 Å². The van der Waals surface area contributed by atoms with Crippen molar-refractivity contribution in [2.45, 2.75) is 6.04 Å². The molecule has 1 aliphatic heterocycles. The number of piperazine rings is 1. The van der Waals surface area contributed by atoms with Crippen molar-refractivity contribution < 1.29 is 19.6 Å². The Morgan fingerprint density at radius 1 is 1.59 bits per heavy atom. The first kappa shape index (κ1) is 12.1. The van der Waals surface area contributed by atoms with Crippen LogP contribution in [-0.4, -0.2) is 49.6 Å². The van der Waals surface area contributed by atoms with Crippen LogP contribution in [0.15, 0.2) is 17.5 Å². The fourth-order valence-electron chi connectivity index (χ4n) is 1.90. The molecule has 0 unspecified atom stereocenters. The Morgan fingerprint density at radius 2 is 2.41 bits per heavy atom. The zero-order chi connectivity index (χ0) is 12.3. The fourth-order valence-corrected chi connectivity index (χ4v) is 2.59. The Balaban J connectivity index is 2.02. The first-order valence-corrected chi connectivity index (χ1v) is 6.34. The van der Waals surface area contributed by atoms with Crippen LogP contribution in [0.2, 0.25) is 0 Å². The molecular formula is C11H15N2O3S+. The maximum Gasteiger partial charge on any atom is 0.366 e. The summed E-state index contributed by atoms with van der Waals surface area (Å²) >= 11 is 1.42. The molecule has 5 nitrogen and oxygen atoms in total. The summed E-state index contributed by atoms with van der Waals surface area (Å²) in [5.74, 6) is -0.268. The second-order valence-electron chi connectivity index (χ2n) is 3.88. The Labute approximate surface area is 103 Å². The third-order valence-corrected chi connectivity index (χ3v) is 3.65. The molecule has 0 aromatic carbocycles. The summed E-state index contributed by atoms with van der Waals surface area (Å²) in [6.07, 6.45) is 0. The van der Waals surface area contributed by atoms with E-state index >= 15 is 0 Å². The molecule has 1 amide bonds. The number of amides is 1. The van der Waals surface area contributed by atoms with E-state index in [4.69, 9.17) is 4.74 Å². The Morgan fingerprint density at radius 3 is 3.06 bits per heavy atom. The minimum Gasteiger partial charge on any atom is -0.465 e. The highest BCUT2D eigenvalue weighted by molar-refractivity contribution is 7.12. The summed E-state index contributed by atoms with van der Waals surface area (Å²) in [7, 11) is 1.37. The molecule has 1 saturated heterocycles. The van der Waals surface area contributed by atoms with E-state index in [-0.39, 0.29) is 17.9 Å². The number of carbonyl (C=O) groups is 2. The van der Waals surface area contributed by atoms with E-state index in [0.717, 1.165) is 11.4 Å². The van der Waals surface area contributed by atoms with Crippen molar-refractivity contribution in [3.8, 4) is 0 Å². The summed E-state index contributed by atoms with van der Waals surface area (Å²) in [6, 6.07) is 3.36. The van der Waals surface area contributed by atoms with Crippen LogP contribution in [-0.2, 0) is 9.53 Å². The summed E-state index contributed by atoms with van der Waals surface area (Å²) in [4.78, 5) is 26.0. The van der Waals surface area contributed by atoms with Crippen LogP contribution in [0.1, 0.15) is 9.67 Å². The van der Waals surface area contributed by atoms with E-state index in [0.29, 0.717) is 13.1 Å². The molecule has 6 heteroatoms. The van der Waals surface area contributed by atoms with Crippen molar-refractivity contribution in [2.75, 3.05) is 26.7 Å². The molecule has 17 heavy (non-hydrogen) atoms. The average molecular weight is 255 g/mol. The number of carbonyl (C=O) groups excluding carboxylic acids is 2. The molecule has 92 valence electrons. The molecule has 2 N–H and O–H groups in total. The molecule has 0 aliphatic carbocycles. The Bertz CT molecular complexity index is 405. The topological polar surface area (TPSA) is 63.2 Å². The van der Waals surface area contributed by atoms with Gasteiger partial charge < -0.3 is 15.0 Å². The number of ether oxygens (including phenoxy) is 1. The molecule has 2 heterocycles. The van der Waals surface area contributed by atoms with Crippen LogP contribution < -0.4 is 5.32 Å². The van der Waals surface area contributed by atoms with Gasteiger partial charge in [-0.25, -0.2) is 4.79 Å². The van der Waals surface area contributed by atoms with Gasteiger partial charge in [0, 0.05) is 0 Å². The van der Waals surface area contributed by atoms with Crippen molar-refractivity contribution in [3.05, 3.63) is 22.4 Å². The van der Waals surface area contributed by atoms with Gasteiger partial charge in [0.1, 0.15) is 0 Å². The van der Waals surface area contributed by atoms with Gasteiger partial charge in [-0.3, -0.25) is 4.79 Å². The van der Waals surface area contributed by atoms with Gasteiger partial charge in [-0.15, -0.1) is 11.3 Å². The molecule has 0 saturated carbocycles. The Kier molecular flexibility index (Phi) is 3.75. The number of esters is 1. The summed E-state index contributed by atoms with van der Waals surface area (Å²) < 4.78 is 4.70. The standard InChI is InChI=1S/C11H14N2O3S/c1-16-11(15)8-7-13(5-4-12-8)10(14)9-3-2-6-17-9/h2-3,6,8,12H,4-5,7H2,1H3/p+1/t8-/m0/s1. The second-order valence-corrected chi connectivity index (χ2v) is 4.83. The molecule has 1 atom stereocenters. The van der Waals surface area contributed by atoms with Gasteiger partial charge >= 0.3 is 5.97 Å². The van der Waals surface area contributed by atoms with Crippen LogP contribution >= 0.6 is 11.3 Å². The lowest BCUT2D eigenvalue weighted by Gasteiger charge is -2.29. The molecule has 1 aromatic rings. The van der Waals surface area contributed by atoms with E-state index < -0.39 is 0 Å². The largest absolute Gasteiger partial charge is 0.465 e. The molecular weight excluding hydrogens is 240 g/mol. The van der Waals surface area contributed by atoms with Crippen molar-refractivity contribution >= 4 is 23.2 Å². The van der Waals surface area contributed by atoms with Crippen molar-refractivity contribution in [1.29, 1.82) is 0 Å². The molecule has 0 spiro atoms. The zero-order valence-electron chi connectivity index (χ0n) is 9.59. The van der Waals surface area contributed by atoms with Gasteiger partial charge in [0.25, 0.3) is 5.91 Å². The lowest BCUT2D eigenvalue weighted by Crippen LogP contribution is -2.97. The van der Waals surface area contributed by atoms with E-state index in [2.05, 4.69) is 0 Å². The summed E-state index contributed by atoms with van der Waals surface area (Å²) in [5.41, 5.74) is 0. The highest BCUT2D eigenvalue weighted by atomic mass is 32.1. The predicted octanol–water partition coefficient (Wildman–Crippen LogP) is -0.691. The summed E-state index contributed by atoms with van der Waals surface area (Å²) in [5, 5.41) is 3.80. The fraction of sp³-hybridized carbons (Fsp3) is 0.455. The molecule has 0 bridgehead atoms. The molecule has 1 aromatic heterocycles. The third kappa shape index (κ3) is 2.65. The van der Waals surface area contributed by atoms with Gasteiger partial charge in [-0.1, -0.05) is 6.07 Å². The van der Waals surface area contributed by atoms with E-state index in [1.165, 1.54) is 18.4 Å². The normalized spacial score (nSPS) is 20.1. The van der Waals surface area contributed by atoms with Crippen LogP contribution in [0.3, 0.4) is 0 Å². The maximum absolute atomic E-state index is 12.1. The van der Waals surface area contributed by atoms with E-state index in [1.807, 2.05) is 16.8 Å². The number of hydrogen-bond acceptors (Lipinski definition) is 4. The van der Waals surface area contributed by atoms with Crippen molar-refractivity contribution in [3.63, 3.8) is 0 Å². The lowest BCUT2D eigenvalue weighted by atomic mass is 10.2. The van der Waals surface area contributed by atoms with E-state index in [9.17, 15) is 9.59 Å². The SMILES string of the molecule is COC(=O)[C@@H]1CN(C(=O)c2cccs2)CC[NH2+]1. The number of methoxy groups -OCH3 is 1. The lowest BCUT2D eigenvalue weighted by molar-refractivity contribution is -0.685. The number of hydrogen-bond donors (Lipinski definition) is 1. The first-order chi connectivity index (χ1) is 8.22. The van der Waals surface area contributed by atoms with Gasteiger partial charge in [0.05, 0.1) is 31.6 Å². The smallest absolute Gasteiger partial charge is 0.366 e. The van der Waals surface area contributed by atoms with Crippen LogP contribution in [0.5, 0.6) is 0 Å². The average Bonchev–Trinajstić information content (AvgIpc) is 2.91. The maximum atomic E-state index is 12.1. The van der Waals surface area contributed by atoms with Crippen LogP contribution in [0, 0.1) is 0 Å². The zero-order valence-corrected chi connectivity index (χ0v) is 10.4. The minimum absolute atomic E-state index is 0.00185. The van der Waals surface area contributed by atoms with Gasteiger partial charge in [0.15, 0.2) is 0 Å². The number of nitrogens with two attached hydrogens (primary N) is 1. The molecule has 0 radical (unpaired) electrons.